The van der Waals surface area contributed by atoms with Gasteiger partial charge in [0.2, 0.25) is 12.7 Å². The van der Waals surface area contributed by atoms with Gasteiger partial charge in [-0.25, -0.2) is 4.79 Å². The van der Waals surface area contributed by atoms with Crippen molar-refractivity contribution >= 4 is 17.6 Å². The van der Waals surface area contributed by atoms with E-state index in [1.807, 2.05) is 30.3 Å². The molecule has 1 amide bonds. The van der Waals surface area contributed by atoms with Crippen LogP contribution in [0, 0.1) is 0 Å². The van der Waals surface area contributed by atoms with Crippen molar-refractivity contribution in [1.82, 2.24) is 0 Å². The molecule has 130 valence electrons. The number of ether oxygens (including phenoxy) is 2. The number of rotatable bonds is 6. The van der Waals surface area contributed by atoms with E-state index in [1.165, 1.54) is 11.8 Å². The third kappa shape index (κ3) is 3.74. The molecule has 1 N–H and O–H groups in total. The lowest BCUT2D eigenvalue weighted by Crippen LogP contribution is -2.43. The minimum atomic E-state index is -1.06. The Morgan fingerprint density at radius 2 is 1.84 bits per heavy atom. The standard InChI is InChI=1S/C19H19NO5/c1-13(19(22)23)20(15-8-9-16-17(11-15)25-12-24-16)18(21)10-7-14-5-3-2-4-6-14/h2-6,8-9,11,13H,7,10,12H2,1H3,(H,22,23)/t13-/m0/s1. The summed E-state index contributed by atoms with van der Waals surface area (Å²) in [5.74, 6) is -0.220. The summed E-state index contributed by atoms with van der Waals surface area (Å²) in [6.07, 6.45) is 0.767. The Morgan fingerprint density at radius 3 is 2.56 bits per heavy atom. The molecular formula is C19H19NO5. The fourth-order valence-corrected chi connectivity index (χ4v) is 2.75. The van der Waals surface area contributed by atoms with Gasteiger partial charge in [-0.05, 0) is 31.0 Å². The highest BCUT2D eigenvalue weighted by molar-refractivity contribution is 5.99. The van der Waals surface area contributed by atoms with E-state index in [0.717, 1.165) is 5.56 Å². The molecule has 6 nitrogen and oxygen atoms in total. The van der Waals surface area contributed by atoms with Gasteiger partial charge in [0.25, 0.3) is 0 Å². The normalized spacial score (nSPS) is 13.3. The van der Waals surface area contributed by atoms with Gasteiger partial charge in [-0.3, -0.25) is 9.69 Å². The molecule has 25 heavy (non-hydrogen) atoms. The molecule has 6 heteroatoms. The molecule has 2 aromatic carbocycles. The summed E-state index contributed by atoms with van der Waals surface area (Å²) in [5.41, 5.74) is 1.52. The molecule has 1 aliphatic heterocycles. The Kier molecular flexibility index (Phi) is 4.88. The van der Waals surface area contributed by atoms with Crippen molar-refractivity contribution in [2.24, 2.45) is 0 Å². The van der Waals surface area contributed by atoms with Gasteiger partial charge in [0.15, 0.2) is 11.5 Å². The first-order valence-corrected chi connectivity index (χ1v) is 8.04. The Hall–Kier alpha value is -3.02. The smallest absolute Gasteiger partial charge is 0.326 e. The summed E-state index contributed by atoms with van der Waals surface area (Å²) in [4.78, 5) is 25.5. The zero-order valence-electron chi connectivity index (χ0n) is 13.8. The van der Waals surface area contributed by atoms with E-state index >= 15 is 0 Å². The maximum atomic E-state index is 12.8. The van der Waals surface area contributed by atoms with Crippen molar-refractivity contribution in [3.8, 4) is 11.5 Å². The number of amides is 1. The van der Waals surface area contributed by atoms with Gasteiger partial charge < -0.3 is 14.6 Å². The third-order valence-corrected chi connectivity index (χ3v) is 4.12. The second-order valence-electron chi connectivity index (χ2n) is 5.80. The fourth-order valence-electron chi connectivity index (χ4n) is 2.75. The van der Waals surface area contributed by atoms with E-state index in [-0.39, 0.29) is 19.1 Å². The molecule has 0 unspecified atom stereocenters. The van der Waals surface area contributed by atoms with Gasteiger partial charge in [0.05, 0.1) is 0 Å². The zero-order valence-corrected chi connectivity index (χ0v) is 13.8. The van der Waals surface area contributed by atoms with Crippen molar-refractivity contribution in [2.45, 2.75) is 25.8 Å². The minimum Gasteiger partial charge on any atom is -0.480 e. The molecule has 0 bridgehead atoms. The number of hydrogen-bond acceptors (Lipinski definition) is 4. The van der Waals surface area contributed by atoms with Crippen molar-refractivity contribution in [2.75, 3.05) is 11.7 Å². The zero-order chi connectivity index (χ0) is 17.8. The minimum absolute atomic E-state index is 0.120. The average Bonchev–Trinajstić information content (AvgIpc) is 3.08. The maximum absolute atomic E-state index is 12.8. The molecule has 3 rings (SSSR count). The molecule has 0 aromatic heterocycles. The van der Waals surface area contributed by atoms with Gasteiger partial charge in [0.1, 0.15) is 6.04 Å². The van der Waals surface area contributed by atoms with Gasteiger partial charge in [-0.15, -0.1) is 0 Å². The number of nitrogens with zero attached hydrogens (tertiary/aromatic N) is 1. The number of carbonyl (C=O) groups is 2. The second-order valence-corrected chi connectivity index (χ2v) is 5.80. The second kappa shape index (κ2) is 7.25. The summed E-state index contributed by atoms with van der Waals surface area (Å²) < 4.78 is 10.6. The van der Waals surface area contributed by atoms with Crippen molar-refractivity contribution in [3.05, 3.63) is 54.1 Å². The number of carboxylic acid groups (broad SMARTS) is 1. The number of aliphatic carboxylic acids is 1. The van der Waals surface area contributed by atoms with E-state index in [2.05, 4.69) is 0 Å². The van der Waals surface area contributed by atoms with Gasteiger partial charge in [-0.2, -0.15) is 0 Å². The van der Waals surface area contributed by atoms with Crippen LogP contribution in [-0.2, 0) is 16.0 Å². The fraction of sp³-hybridized carbons (Fsp3) is 0.263. The van der Waals surface area contributed by atoms with E-state index in [0.29, 0.717) is 23.6 Å². The summed E-state index contributed by atoms with van der Waals surface area (Å²) in [5, 5.41) is 9.39. The van der Waals surface area contributed by atoms with Crippen molar-refractivity contribution < 1.29 is 24.2 Å². The molecule has 0 saturated heterocycles. The van der Waals surface area contributed by atoms with E-state index in [9.17, 15) is 14.7 Å². The first kappa shape index (κ1) is 16.8. The Bertz CT molecular complexity index is 775. The molecule has 0 spiro atoms. The first-order valence-electron chi connectivity index (χ1n) is 8.04. The Balaban J connectivity index is 1.81. The molecule has 1 heterocycles. The summed E-state index contributed by atoms with van der Waals surface area (Å²) in [6.45, 7) is 1.61. The number of fused-ring (bicyclic) bond motifs is 1. The van der Waals surface area contributed by atoms with Crippen LogP contribution in [0.25, 0.3) is 0 Å². The Labute approximate surface area is 145 Å². The van der Waals surface area contributed by atoms with Crippen LogP contribution in [0.4, 0.5) is 5.69 Å². The van der Waals surface area contributed by atoms with Gasteiger partial charge >= 0.3 is 5.97 Å². The Morgan fingerprint density at radius 1 is 1.12 bits per heavy atom. The number of anilines is 1. The lowest BCUT2D eigenvalue weighted by molar-refractivity contribution is -0.139. The van der Waals surface area contributed by atoms with Crippen LogP contribution in [0.1, 0.15) is 18.9 Å². The lowest BCUT2D eigenvalue weighted by Gasteiger charge is -2.27. The summed E-state index contributed by atoms with van der Waals surface area (Å²) >= 11 is 0. The average molecular weight is 341 g/mol. The maximum Gasteiger partial charge on any atom is 0.326 e. The number of hydrogen-bond donors (Lipinski definition) is 1. The highest BCUT2D eigenvalue weighted by Gasteiger charge is 2.28. The van der Waals surface area contributed by atoms with Crippen LogP contribution >= 0.6 is 0 Å². The predicted octanol–water partition coefficient (Wildman–Crippen LogP) is 2.85. The number of aryl methyl sites for hydroxylation is 1. The predicted molar refractivity (Wildman–Crippen MR) is 91.9 cm³/mol. The topological polar surface area (TPSA) is 76.1 Å². The third-order valence-electron chi connectivity index (χ3n) is 4.12. The largest absolute Gasteiger partial charge is 0.480 e. The highest BCUT2D eigenvalue weighted by atomic mass is 16.7. The summed E-state index contributed by atoms with van der Waals surface area (Å²) in [6, 6.07) is 13.6. The quantitative estimate of drug-likeness (QED) is 0.874. The molecule has 1 aliphatic rings. The van der Waals surface area contributed by atoms with E-state index in [1.54, 1.807) is 18.2 Å². The van der Waals surface area contributed by atoms with Crippen molar-refractivity contribution in [1.29, 1.82) is 0 Å². The number of carboxylic acids is 1. The molecule has 2 aromatic rings. The summed E-state index contributed by atoms with van der Waals surface area (Å²) in [7, 11) is 0. The van der Waals surface area contributed by atoms with Crippen molar-refractivity contribution in [3.63, 3.8) is 0 Å². The molecule has 0 aliphatic carbocycles. The van der Waals surface area contributed by atoms with Crippen LogP contribution in [0.3, 0.4) is 0 Å². The lowest BCUT2D eigenvalue weighted by atomic mass is 10.1. The van der Waals surface area contributed by atoms with Crippen LogP contribution in [0.2, 0.25) is 0 Å². The molecular weight excluding hydrogens is 322 g/mol. The molecule has 0 fully saturated rings. The van der Waals surface area contributed by atoms with Gasteiger partial charge in [0, 0.05) is 18.2 Å². The first-order chi connectivity index (χ1) is 12.1. The SMILES string of the molecule is C[C@@H](C(=O)O)N(C(=O)CCc1ccccc1)c1ccc2c(c1)OCO2. The molecule has 0 radical (unpaired) electrons. The number of carbonyl (C=O) groups excluding carboxylic acids is 1. The van der Waals surface area contributed by atoms with Crippen LogP contribution < -0.4 is 14.4 Å². The monoisotopic (exact) mass is 341 g/mol. The van der Waals surface area contributed by atoms with Crippen LogP contribution in [0.5, 0.6) is 11.5 Å². The highest BCUT2D eigenvalue weighted by Crippen LogP contribution is 2.36. The molecule has 0 saturated carbocycles. The van der Waals surface area contributed by atoms with Crippen LogP contribution in [-0.4, -0.2) is 29.8 Å². The van der Waals surface area contributed by atoms with Crippen LogP contribution in [0.15, 0.2) is 48.5 Å². The van der Waals surface area contributed by atoms with Gasteiger partial charge in [-0.1, -0.05) is 30.3 Å². The molecule has 1 atom stereocenters. The number of benzene rings is 2. The van der Waals surface area contributed by atoms with E-state index < -0.39 is 12.0 Å². The van der Waals surface area contributed by atoms with E-state index in [4.69, 9.17) is 9.47 Å².